The number of ether oxygens (including phenoxy) is 2. The van der Waals surface area contributed by atoms with E-state index in [9.17, 15) is 9.59 Å². The first-order valence-corrected chi connectivity index (χ1v) is 10.8. The van der Waals surface area contributed by atoms with Gasteiger partial charge in [0.15, 0.2) is 0 Å². The third kappa shape index (κ3) is 7.34. The minimum atomic E-state index is -0.821. The van der Waals surface area contributed by atoms with Crippen LogP contribution in [0.5, 0.6) is 0 Å². The van der Waals surface area contributed by atoms with Gasteiger partial charge >= 0.3 is 12.1 Å². The molecule has 1 aliphatic heterocycles. The van der Waals surface area contributed by atoms with Crippen LogP contribution in [0.3, 0.4) is 0 Å². The van der Waals surface area contributed by atoms with Crippen molar-refractivity contribution in [3.8, 4) is 0 Å². The molecular weight excluding hydrogens is 406 g/mol. The second kappa shape index (κ2) is 10.7. The number of rotatable bonds is 8. The van der Waals surface area contributed by atoms with Crippen LogP contribution in [0.2, 0.25) is 0 Å². The molecular formula is C25H31N3O4. The predicted octanol–water partition coefficient (Wildman–Crippen LogP) is 3.92. The molecule has 2 atom stereocenters. The summed E-state index contributed by atoms with van der Waals surface area (Å²) in [6, 6.07) is 18.6. The fourth-order valence-electron chi connectivity index (χ4n) is 3.26. The normalized spacial score (nSPS) is 16.2. The molecule has 170 valence electrons. The number of nitrogens with one attached hydrogen (secondary N) is 3. The van der Waals surface area contributed by atoms with Gasteiger partial charge in [-0.1, -0.05) is 60.7 Å². The highest BCUT2D eigenvalue weighted by atomic mass is 16.6. The molecule has 0 saturated heterocycles. The number of hydrogen-bond donors (Lipinski definition) is 3. The molecule has 7 nitrogen and oxygen atoms in total. The lowest BCUT2D eigenvalue weighted by Gasteiger charge is -2.24. The molecule has 1 aliphatic rings. The number of carbonyl (C=O) groups is 2. The summed E-state index contributed by atoms with van der Waals surface area (Å²) in [6.45, 7) is 5.47. The van der Waals surface area contributed by atoms with E-state index in [2.05, 4.69) is 16.0 Å². The molecule has 0 spiro atoms. The van der Waals surface area contributed by atoms with Crippen molar-refractivity contribution in [2.24, 2.45) is 0 Å². The zero-order chi connectivity index (χ0) is 23.0. The summed E-state index contributed by atoms with van der Waals surface area (Å²) in [4.78, 5) is 25.1. The van der Waals surface area contributed by atoms with Crippen LogP contribution in [0.15, 0.2) is 66.9 Å². The maximum atomic E-state index is 12.8. The van der Waals surface area contributed by atoms with Gasteiger partial charge in [-0.2, -0.15) is 0 Å². The van der Waals surface area contributed by atoms with Crippen LogP contribution in [0, 0.1) is 0 Å². The van der Waals surface area contributed by atoms with Crippen LogP contribution in [-0.2, 0) is 20.9 Å². The summed E-state index contributed by atoms with van der Waals surface area (Å²) in [5.41, 5.74) is 2.28. The highest BCUT2D eigenvalue weighted by Crippen LogP contribution is 2.17. The molecule has 3 N–H and O–H groups in total. The Kier molecular flexibility index (Phi) is 7.76. The average molecular weight is 438 g/mol. The molecule has 0 radical (unpaired) electrons. The van der Waals surface area contributed by atoms with Gasteiger partial charge in [0, 0.05) is 6.20 Å². The van der Waals surface area contributed by atoms with E-state index in [1.165, 1.54) is 0 Å². The number of carbonyl (C=O) groups excluding carboxylic acids is 2. The second-order valence-electron chi connectivity index (χ2n) is 8.66. The lowest BCUT2D eigenvalue weighted by atomic mass is 10.1. The highest BCUT2D eigenvalue weighted by molar-refractivity contribution is 5.81. The summed E-state index contributed by atoms with van der Waals surface area (Å²) in [5, 5.41) is 9.35. The lowest BCUT2D eigenvalue weighted by Crippen LogP contribution is -2.45. The van der Waals surface area contributed by atoms with Crippen molar-refractivity contribution in [3.63, 3.8) is 0 Å². The summed E-state index contributed by atoms with van der Waals surface area (Å²) < 4.78 is 10.8. The average Bonchev–Trinajstić information content (AvgIpc) is 3.24. The fourth-order valence-corrected chi connectivity index (χ4v) is 3.26. The number of hydrogen-bond acceptors (Lipinski definition) is 6. The van der Waals surface area contributed by atoms with E-state index in [0.29, 0.717) is 12.8 Å². The van der Waals surface area contributed by atoms with Gasteiger partial charge in [0.05, 0.1) is 11.9 Å². The van der Waals surface area contributed by atoms with Crippen LogP contribution in [0.1, 0.15) is 44.7 Å². The first kappa shape index (κ1) is 23.2. The van der Waals surface area contributed by atoms with Crippen molar-refractivity contribution in [1.29, 1.82) is 0 Å². The minimum Gasteiger partial charge on any atom is -0.459 e. The summed E-state index contributed by atoms with van der Waals surface area (Å²) >= 11 is 0. The molecule has 1 amide bonds. The van der Waals surface area contributed by atoms with Gasteiger partial charge < -0.3 is 25.4 Å². The summed E-state index contributed by atoms with van der Waals surface area (Å²) in [5.74, 6) is -0.492. The molecule has 1 heterocycles. The quantitative estimate of drug-likeness (QED) is 0.543. The second-order valence-corrected chi connectivity index (χ2v) is 8.66. The maximum absolute atomic E-state index is 12.8. The van der Waals surface area contributed by atoms with E-state index in [1.807, 2.05) is 66.9 Å². The van der Waals surface area contributed by atoms with Crippen molar-refractivity contribution in [2.75, 3.05) is 0 Å². The Morgan fingerprint density at radius 1 is 1.03 bits per heavy atom. The first-order valence-electron chi connectivity index (χ1n) is 10.8. The summed E-state index contributed by atoms with van der Waals surface area (Å²) in [7, 11) is 0. The lowest BCUT2D eigenvalue weighted by molar-refractivity contribution is -0.147. The van der Waals surface area contributed by atoms with Crippen molar-refractivity contribution in [2.45, 2.75) is 58.0 Å². The Balaban J connectivity index is 1.56. The van der Waals surface area contributed by atoms with E-state index in [0.717, 1.165) is 16.8 Å². The Bertz CT molecular complexity index is 923. The van der Waals surface area contributed by atoms with Crippen molar-refractivity contribution in [3.05, 3.63) is 78.0 Å². The van der Waals surface area contributed by atoms with E-state index in [1.54, 1.807) is 20.8 Å². The standard InChI is InChI=1S/C25H31N3O4/c1-25(2,3)32-24(30)28-20(23(29)31-17-18-10-6-4-7-11-18)14-15-22-26-16-21(27-22)19-12-8-5-9-13-19/h4-13,16,20,22,26-27H,14-15,17H2,1-3H3,(H,28,30)/t20-,22?/m1/s1. The largest absolute Gasteiger partial charge is 0.459 e. The minimum absolute atomic E-state index is 0.0601. The highest BCUT2D eigenvalue weighted by Gasteiger charge is 2.27. The zero-order valence-electron chi connectivity index (χ0n) is 18.8. The van der Waals surface area contributed by atoms with Crippen molar-refractivity contribution >= 4 is 17.8 Å². The molecule has 0 saturated carbocycles. The Morgan fingerprint density at radius 2 is 1.69 bits per heavy atom. The molecule has 0 bridgehead atoms. The van der Waals surface area contributed by atoms with Gasteiger partial charge in [-0.05, 0) is 44.7 Å². The summed E-state index contributed by atoms with van der Waals surface area (Å²) in [6.07, 6.45) is 2.19. The number of alkyl carbamates (subject to hydrolysis) is 1. The molecule has 7 heteroatoms. The van der Waals surface area contributed by atoms with Crippen LogP contribution < -0.4 is 16.0 Å². The Labute approximate surface area is 189 Å². The molecule has 1 unspecified atom stereocenters. The van der Waals surface area contributed by atoms with E-state index in [4.69, 9.17) is 9.47 Å². The third-order valence-electron chi connectivity index (χ3n) is 4.79. The number of esters is 1. The Hall–Kier alpha value is -3.48. The first-order chi connectivity index (χ1) is 15.3. The van der Waals surface area contributed by atoms with E-state index >= 15 is 0 Å². The molecule has 0 aliphatic carbocycles. The van der Waals surface area contributed by atoms with Gasteiger partial charge in [-0.3, -0.25) is 0 Å². The van der Waals surface area contributed by atoms with E-state index < -0.39 is 23.7 Å². The molecule has 3 rings (SSSR count). The van der Waals surface area contributed by atoms with Gasteiger partial charge in [0.25, 0.3) is 0 Å². The topological polar surface area (TPSA) is 88.7 Å². The number of benzene rings is 2. The molecule has 32 heavy (non-hydrogen) atoms. The zero-order valence-corrected chi connectivity index (χ0v) is 18.8. The van der Waals surface area contributed by atoms with Gasteiger partial charge in [-0.15, -0.1) is 0 Å². The third-order valence-corrected chi connectivity index (χ3v) is 4.79. The molecule has 2 aromatic carbocycles. The van der Waals surface area contributed by atoms with Crippen molar-refractivity contribution in [1.82, 2.24) is 16.0 Å². The SMILES string of the molecule is CC(C)(C)OC(=O)N[C@H](CCC1NC=C(c2ccccc2)N1)C(=O)OCc1ccccc1. The predicted molar refractivity (Wildman–Crippen MR) is 123 cm³/mol. The Morgan fingerprint density at radius 3 is 2.34 bits per heavy atom. The van der Waals surface area contributed by atoms with Gasteiger partial charge in [0.2, 0.25) is 0 Å². The van der Waals surface area contributed by atoms with Crippen LogP contribution in [0.25, 0.3) is 5.70 Å². The van der Waals surface area contributed by atoms with Crippen LogP contribution in [-0.4, -0.2) is 29.9 Å². The van der Waals surface area contributed by atoms with Gasteiger partial charge in [0.1, 0.15) is 18.2 Å². The monoisotopic (exact) mass is 437 g/mol. The van der Waals surface area contributed by atoms with Gasteiger partial charge in [-0.25, -0.2) is 9.59 Å². The van der Waals surface area contributed by atoms with E-state index in [-0.39, 0.29) is 12.8 Å². The van der Waals surface area contributed by atoms with Crippen LogP contribution in [0.4, 0.5) is 4.79 Å². The smallest absolute Gasteiger partial charge is 0.408 e. The fraction of sp³-hybridized carbons (Fsp3) is 0.360. The number of amides is 1. The maximum Gasteiger partial charge on any atom is 0.408 e. The molecule has 0 aromatic heterocycles. The molecule has 0 fully saturated rings. The van der Waals surface area contributed by atoms with Crippen LogP contribution >= 0.6 is 0 Å². The van der Waals surface area contributed by atoms with Crippen molar-refractivity contribution < 1.29 is 19.1 Å². The molecule has 2 aromatic rings.